The molecule has 1 aromatic rings. The summed E-state index contributed by atoms with van der Waals surface area (Å²) in [5, 5.41) is 6.49. The fourth-order valence-electron chi connectivity index (χ4n) is 2.47. The highest BCUT2D eigenvalue weighted by atomic mass is 127. The van der Waals surface area contributed by atoms with E-state index in [1.54, 1.807) is 12.1 Å². The largest absolute Gasteiger partial charge is 0.379 e. The molecule has 0 spiro atoms. The van der Waals surface area contributed by atoms with E-state index in [4.69, 9.17) is 9.47 Å². The highest BCUT2D eigenvalue weighted by molar-refractivity contribution is 14.0. The van der Waals surface area contributed by atoms with Crippen LogP contribution in [-0.4, -0.2) is 45.0 Å². The lowest BCUT2D eigenvalue weighted by molar-refractivity contribution is 0.0168. The molecule has 0 amide bonds. The van der Waals surface area contributed by atoms with Crippen molar-refractivity contribution in [1.29, 1.82) is 0 Å². The molecule has 1 heterocycles. The number of nitrogens with zero attached hydrogens (tertiary/aromatic N) is 1. The first-order valence-electron chi connectivity index (χ1n) is 8.74. The molecule has 1 saturated heterocycles. The van der Waals surface area contributed by atoms with Gasteiger partial charge < -0.3 is 20.1 Å². The van der Waals surface area contributed by atoms with Crippen molar-refractivity contribution >= 4 is 29.9 Å². The molecule has 1 unspecified atom stereocenters. The Morgan fingerprint density at radius 1 is 1.32 bits per heavy atom. The number of hydrogen-bond donors (Lipinski definition) is 2. The molecule has 0 radical (unpaired) electrons. The highest BCUT2D eigenvalue weighted by Gasteiger charge is 2.14. The maximum Gasteiger partial charge on any atom is 0.191 e. The number of guanidine groups is 1. The maximum absolute atomic E-state index is 12.9. The standard InChI is InChI=1S/C18H28FN3O2.HI/c1-2-20-18(22-13-15-6-8-16(19)9-7-15)21-10-4-11-23-14-17-5-3-12-24-17;/h6-9,17H,2-5,10-14H2,1H3,(H2,20,21,22);1H. The molecule has 142 valence electrons. The van der Waals surface area contributed by atoms with Crippen LogP contribution in [0.2, 0.25) is 0 Å². The Balaban J connectivity index is 0.00000312. The highest BCUT2D eigenvalue weighted by Crippen LogP contribution is 2.11. The Morgan fingerprint density at radius 3 is 2.80 bits per heavy atom. The molecule has 7 heteroatoms. The average Bonchev–Trinajstić information content (AvgIpc) is 3.10. The van der Waals surface area contributed by atoms with Gasteiger partial charge in [-0.1, -0.05) is 12.1 Å². The summed E-state index contributed by atoms with van der Waals surface area (Å²) in [6, 6.07) is 6.41. The van der Waals surface area contributed by atoms with Crippen LogP contribution < -0.4 is 10.6 Å². The first-order valence-corrected chi connectivity index (χ1v) is 8.74. The lowest BCUT2D eigenvalue weighted by Crippen LogP contribution is -2.38. The van der Waals surface area contributed by atoms with Crippen LogP contribution in [0.1, 0.15) is 31.7 Å². The number of rotatable bonds is 9. The summed E-state index contributed by atoms with van der Waals surface area (Å²) >= 11 is 0. The van der Waals surface area contributed by atoms with Crippen molar-refractivity contribution in [3.8, 4) is 0 Å². The smallest absolute Gasteiger partial charge is 0.191 e. The SMILES string of the molecule is CCNC(=NCc1ccc(F)cc1)NCCCOCC1CCCO1.I. The summed E-state index contributed by atoms with van der Waals surface area (Å²) in [5.41, 5.74) is 0.980. The van der Waals surface area contributed by atoms with Crippen molar-refractivity contribution in [3.05, 3.63) is 35.6 Å². The number of halogens is 2. The lowest BCUT2D eigenvalue weighted by Gasteiger charge is -2.12. The fraction of sp³-hybridized carbons (Fsp3) is 0.611. The van der Waals surface area contributed by atoms with E-state index in [2.05, 4.69) is 15.6 Å². The lowest BCUT2D eigenvalue weighted by atomic mass is 10.2. The molecule has 0 bridgehead atoms. The number of hydrogen-bond acceptors (Lipinski definition) is 3. The Kier molecular flexibility index (Phi) is 11.8. The van der Waals surface area contributed by atoms with Crippen LogP contribution in [0.25, 0.3) is 0 Å². The quantitative estimate of drug-likeness (QED) is 0.255. The summed E-state index contributed by atoms with van der Waals surface area (Å²) in [5.74, 6) is 0.539. The Labute approximate surface area is 166 Å². The third-order valence-corrected chi connectivity index (χ3v) is 3.76. The summed E-state index contributed by atoms with van der Waals surface area (Å²) in [6.07, 6.45) is 3.45. The summed E-state index contributed by atoms with van der Waals surface area (Å²) < 4.78 is 24.1. The number of aliphatic imine (C=N–C) groups is 1. The van der Waals surface area contributed by atoms with Gasteiger partial charge in [0.25, 0.3) is 0 Å². The summed E-state index contributed by atoms with van der Waals surface area (Å²) in [6.45, 7) is 6.41. The monoisotopic (exact) mass is 465 g/mol. The van der Waals surface area contributed by atoms with Crippen LogP contribution in [0.4, 0.5) is 4.39 Å². The topological polar surface area (TPSA) is 54.9 Å². The Bertz CT molecular complexity index is 494. The van der Waals surface area contributed by atoms with Crippen molar-refractivity contribution in [3.63, 3.8) is 0 Å². The molecule has 0 aromatic heterocycles. The van der Waals surface area contributed by atoms with E-state index in [0.717, 1.165) is 50.5 Å². The molecule has 1 aliphatic rings. The first kappa shape index (κ1) is 22.1. The molecular weight excluding hydrogens is 436 g/mol. The Hall–Kier alpha value is -0.930. The second-order valence-electron chi connectivity index (χ2n) is 5.81. The first-order chi connectivity index (χ1) is 11.8. The van der Waals surface area contributed by atoms with E-state index in [1.165, 1.54) is 12.1 Å². The molecule has 1 aliphatic heterocycles. The summed E-state index contributed by atoms with van der Waals surface area (Å²) in [7, 11) is 0. The minimum Gasteiger partial charge on any atom is -0.379 e. The molecule has 5 nitrogen and oxygen atoms in total. The van der Waals surface area contributed by atoms with Crippen LogP contribution in [0.3, 0.4) is 0 Å². The van der Waals surface area contributed by atoms with Crippen molar-refractivity contribution in [2.45, 2.75) is 38.8 Å². The second kappa shape index (κ2) is 13.3. The van der Waals surface area contributed by atoms with Gasteiger partial charge in [-0.2, -0.15) is 0 Å². The van der Waals surface area contributed by atoms with Gasteiger partial charge in [0.1, 0.15) is 5.82 Å². The van der Waals surface area contributed by atoms with Gasteiger partial charge in [-0.15, -0.1) is 24.0 Å². The van der Waals surface area contributed by atoms with Crippen LogP contribution in [-0.2, 0) is 16.0 Å². The molecule has 2 rings (SSSR count). The molecule has 1 aromatic carbocycles. The van der Waals surface area contributed by atoms with Crippen LogP contribution in [0.15, 0.2) is 29.3 Å². The molecule has 25 heavy (non-hydrogen) atoms. The molecule has 0 saturated carbocycles. The van der Waals surface area contributed by atoms with Gasteiger partial charge in [0, 0.05) is 26.3 Å². The minimum absolute atomic E-state index is 0. The van der Waals surface area contributed by atoms with Gasteiger partial charge in [-0.05, 0) is 43.9 Å². The van der Waals surface area contributed by atoms with Crippen molar-refractivity contribution < 1.29 is 13.9 Å². The third kappa shape index (κ3) is 9.37. The average molecular weight is 465 g/mol. The van der Waals surface area contributed by atoms with E-state index in [9.17, 15) is 4.39 Å². The van der Waals surface area contributed by atoms with E-state index < -0.39 is 0 Å². The maximum atomic E-state index is 12.9. The Morgan fingerprint density at radius 2 is 2.12 bits per heavy atom. The van der Waals surface area contributed by atoms with Crippen LogP contribution >= 0.6 is 24.0 Å². The van der Waals surface area contributed by atoms with Crippen molar-refractivity contribution in [2.24, 2.45) is 4.99 Å². The molecule has 1 fully saturated rings. The zero-order valence-corrected chi connectivity index (χ0v) is 17.1. The number of ether oxygens (including phenoxy) is 2. The van der Waals surface area contributed by atoms with Gasteiger partial charge in [0.2, 0.25) is 0 Å². The van der Waals surface area contributed by atoms with Gasteiger partial charge in [0.05, 0.1) is 19.3 Å². The number of benzene rings is 1. The van der Waals surface area contributed by atoms with Gasteiger partial charge in [-0.3, -0.25) is 0 Å². The minimum atomic E-state index is -0.226. The van der Waals surface area contributed by atoms with E-state index >= 15 is 0 Å². The fourth-order valence-corrected chi connectivity index (χ4v) is 2.47. The zero-order valence-electron chi connectivity index (χ0n) is 14.8. The van der Waals surface area contributed by atoms with Gasteiger partial charge in [-0.25, -0.2) is 9.38 Å². The zero-order chi connectivity index (χ0) is 17.0. The van der Waals surface area contributed by atoms with E-state index in [0.29, 0.717) is 19.8 Å². The number of nitrogens with one attached hydrogen (secondary N) is 2. The van der Waals surface area contributed by atoms with Crippen LogP contribution in [0, 0.1) is 5.82 Å². The van der Waals surface area contributed by atoms with E-state index in [1.807, 2.05) is 6.92 Å². The molecule has 1 atom stereocenters. The molecule has 0 aliphatic carbocycles. The predicted octanol–water partition coefficient (Wildman–Crippen LogP) is 3.08. The van der Waals surface area contributed by atoms with Crippen LogP contribution in [0.5, 0.6) is 0 Å². The second-order valence-corrected chi connectivity index (χ2v) is 5.81. The van der Waals surface area contributed by atoms with Gasteiger partial charge in [0.15, 0.2) is 5.96 Å². The predicted molar refractivity (Wildman–Crippen MR) is 109 cm³/mol. The van der Waals surface area contributed by atoms with E-state index in [-0.39, 0.29) is 35.9 Å². The molecule has 2 N–H and O–H groups in total. The third-order valence-electron chi connectivity index (χ3n) is 3.76. The summed E-state index contributed by atoms with van der Waals surface area (Å²) in [4.78, 5) is 4.51. The van der Waals surface area contributed by atoms with Crippen molar-refractivity contribution in [2.75, 3.05) is 32.9 Å². The normalized spacial score (nSPS) is 17.2. The van der Waals surface area contributed by atoms with Gasteiger partial charge >= 0.3 is 0 Å². The van der Waals surface area contributed by atoms with Crippen molar-refractivity contribution in [1.82, 2.24) is 10.6 Å². The molecular formula is C18H29FIN3O2.